The minimum atomic E-state index is -0.0918. The van der Waals surface area contributed by atoms with Crippen LogP contribution in [-0.4, -0.2) is 30.6 Å². The molecule has 0 bridgehead atoms. The second-order valence-corrected chi connectivity index (χ2v) is 5.20. The molecule has 1 atom stereocenters. The summed E-state index contributed by atoms with van der Waals surface area (Å²) < 4.78 is 5.11. The minimum absolute atomic E-state index is 0.0373. The number of aryl methyl sites for hydroxylation is 1. The SMILES string of the molecule is CCOC(=O)C1CCCN(c2cnc(Cl)c(C)c2)C1. The van der Waals surface area contributed by atoms with Crippen molar-refractivity contribution < 1.29 is 9.53 Å². The third-order valence-electron chi connectivity index (χ3n) is 3.41. The van der Waals surface area contributed by atoms with Crippen molar-refractivity contribution in [2.75, 3.05) is 24.6 Å². The lowest BCUT2D eigenvalue weighted by Crippen LogP contribution is -2.39. The van der Waals surface area contributed by atoms with Crippen molar-refractivity contribution in [1.82, 2.24) is 4.98 Å². The summed E-state index contributed by atoms with van der Waals surface area (Å²) in [5.74, 6) is -0.129. The van der Waals surface area contributed by atoms with Gasteiger partial charge < -0.3 is 9.64 Å². The van der Waals surface area contributed by atoms with E-state index in [1.807, 2.05) is 19.9 Å². The first-order valence-corrected chi connectivity index (χ1v) is 7.03. The van der Waals surface area contributed by atoms with Gasteiger partial charge in [-0.3, -0.25) is 4.79 Å². The Labute approximate surface area is 118 Å². The molecule has 1 aromatic rings. The van der Waals surface area contributed by atoms with Gasteiger partial charge in [0, 0.05) is 13.1 Å². The highest BCUT2D eigenvalue weighted by atomic mass is 35.5. The number of hydrogen-bond donors (Lipinski definition) is 0. The summed E-state index contributed by atoms with van der Waals surface area (Å²) in [6.07, 6.45) is 3.66. The molecule has 19 heavy (non-hydrogen) atoms. The van der Waals surface area contributed by atoms with E-state index in [0.29, 0.717) is 18.3 Å². The molecule has 2 rings (SSSR count). The van der Waals surface area contributed by atoms with Crippen molar-refractivity contribution in [3.63, 3.8) is 0 Å². The molecule has 104 valence electrons. The topological polar surface area (TPSA) is 42.4 Å². The van der Waals surface area contributed by atoms with Crippen molar-refractivity contribution in [2.45, 2.75) is 26.7 Å². The number of rotatable bonds is 3. The van der Waals surface area contributed by atoms with Crippen LogP contribution in [0.4, 0.5) is 5.69 Å². The van der Waals surface area contributed by atoms with Crippen LogP contribution in [0.1, 0.15) is 25.3 Å². The Bertz CT molecular complexity index is 465. The Hall–Kier alpha value is -1.29. The lowest BCUT2D eigenvalue weighted by atomic mass is 9.98. The lowest BCUT2D eigenvalue weighted by molar-refractivity contribution is -0.148. The van der Waals surface area contributed by atoms with Gasteiger partial charge >= 0.3 is 5.97 Å². The van der Waals surface area contributed by atoms with E-state index in [4.69, 9.17) is 16.3 Å². The Balaban J connectivity index is 2.08. The molecule has 1 aromatic heterocycles. The number of aromatic nitrogens is 1. The number of ether oxygens (including phenoxy) is 1. The van der Waals surface area contributed by atoms with Crippen molar-refractivity contribution in [1.29, 1.82) is 0 Å². The summed E-state index contributed by atoms with van der Waals surface area (Å²) in [4.78, 5) is 18.2. The monoisotopic (exact) mass is 282 g/mol. The average Bonchev–Trinajstić information content (AvgIpc) is 2.42. The summed E-state index contributed by atoms with van der Waals surface area (Å²) in [5.41, 5.74) is 1.98. The molecular formula is C14H19ClN2O2. The zero-order chi connectivity index (χ0) is 13.8. The maximum Gasteiger partial charge on any atom is 0.310 e. The average molecular weight is 283 g/mol. The van der Waals surface area contributed by atoms with Crippen molar-refractivity contribution in [2.24, 2.45) is 5.92 Å². The quantitative estimate of drug-likeness (QED) is 0.631. The molecule has 1 aliphatic heterocycles. The highest BCUT2D eigenvalue weighted by Gasteiger charge is 2.27. The van der Waals surface area contributed by atoms with Gasteiger partial charge in [-0.15, -0.1) is 0 Å². The van der Waals surface area contributed by atoms with Crippen LogP contribution in [0.15, 0.2) is 12.3 Å². The Morgan fingerprint density at radius 2 is 2.42 bits per heavy atom. The largest absolute Gasteiger partial charge is 0.466 e. The predicted molar refractivity (Wildman–Crippen MR) is 75.6 cm³/mol. The van der Waals surface area contributed by atoms with Gasteiger partial charge in [0.15, 0.2) is 0 Å². The van der Waals surface area contributed by atoms with Crippen LogP contribution in [0.3, 0.4) is 0 Å². The van der Waals surface area contributed by atoms with Gasteiger partial charge in [-0.05, 0) is 38.3 Å². The zero-order valence-corrected chi connectivity index (χ0v) is 12.1. The van der Waals surface area contributed by atoms with Gasteiger partial charge in [0.25, 0.3) is 0 Å². The number of esters is 1. The molecule has 5 heteroatoms. The normalized spacial score (nSPS) is 19.3. The van der Waals surface area contributed by atoms with Crippen molar-refractivity contribution >= 4 is 23.3 Å². The summed E-state index contributed by atoms with van der Waals surface area (Å²) in [5, 5.41) is 0.530. The van der Waals surface area contributed by atoms with Crippen LogP contribution in [0.2, 0.25) is 5.15 Å². The summed E-state index contributed by atoms with van der Waals surface area (Å²) >= 11 is 5.94. The van der Waals surface area contributed by atoms with Crippen LogP contribution in [0.25, 0.3) is 0 Å². The molecule has 1 unspecified atom stereocenters. The Kier molecular flexibility index (Phi) is 4.64. The molecule has 0 aromatic carbocycles. The van der Waals surface area contributed by atoms with Gasteiger partial charge in [0.1, 0.15) is 5.15 Å². The molecule has 0 N–H and O–H groups in total. The molecular weight excluding hydrogens is 264 g/mol. The van der Waals surface area contributed by atoms with E-state index in [2.05, 4.69) is 9.88 Å². The van der Waals surface area contributed by atoms with Crippen LogP contribution in [-0.2, 0) is 9.53 Å². The smallest absolute Gasteiger partial charge is 0.310 e. The standard InChI is InChI=1S/C14H19ClN2O2/c1-3-19-14(18)11-5-4-6-17(9-11)12-7-10(2)13(15)16-8-12/h7-8,11H,3-6,9H2,1-2H3. The fraction of sp³-hybridized carbons (Fsp3) is 0.571. The first-order valence-electron chi connectivity index (χ1n) is 6.65. The molecule has 0 aliphatic carbocycles. The fourth-order valence-corrected chi connectivity index (χ4v) is 2.48. The number of hydrogen-bond acceptors (Lipinski definition) is 4. The van der Waals surface area contributed by atoms with Crippen molar-refractivity contribution in [3.8, 4) is 0 Å². The molecule has 0 radical (unpaired) electrons. The lowest BCUT2D eigenvalue weighted by Gasteiger charge is -2.33. The Morgan fingerprint density at radius 1 is 1.63 bits per heavy atom. The molecule has 2 heterocycles. The van der Waals surface area contributed by atoms with E-state index in [-0.39, 0.29) is 11.9 Å². The number of piperidine rings is 1. The highest BCUT2D eigenvalue weighted by molar-refractivity contribution is 6.30. The second kappa shape index (κ2) is 6.24. The zero-order valence-electron chi connectivity index (χ0n) is 11.4. The number of halogens is 1. The minimum Gasteiger partial charge on any atom is -0.466 e. The molecule has 0 spiro atoms. The Morgan fingerprint density at radius 3 is 3.11 bits per heavy atom. The van der Waals surface area contributed by atoms with Crippen LogP contribution in [0, 0.1) is 12.8 Å². The first kappa shape index (κ1) is 14.1. The maximum atomic E-state index is 11.8. The number of anilines is 1. The van der Waals surface area contributed by atoms with Crippen LogP contribution < -0.4 is 4.90 Å². The predicted octanol–water partition coefficient (Wildman–Crippen LogP) is 2.82. The number of carbonyl (C=O) groups is 1. The number of nitrogens with zero attached hydrogens (tertiary/aromatic N) is 2. The molecule has 1 fully saturated rings. The van der Waals surface area contributed by atoms with E-state index in [1.54, 1.807) is 6.20 Å². The van der Waals surface area contributed by atoms with Crippen molar-refractivity contribution in [3.05, 3.63) is 23.0 Å². The summed E-state index contributed by atoms with van der Waals surface area (Å²) in [6, 6.07) is 2.02. The first-order chi connectivity index (χ1) is 9.11. The maximum absolute atomic E-state index is 11.8. The highest BCUT2D eigenvalue weighted by Crippen LogP contribution is 2.25. The fourth-order valence-electron chi connectivity index (χ4n) is 2.38. The van der Waals surface area contributed by atoms with E-state index in [1.165, 1.54) is 0 Å². The van der Waals surface area contributed by atoms with Gasteiger partial charge in [-0.25, -0.2) is 4.98 Å². The molecule has 4 nitrogen and oxygen atoms in total. The van der Waals surface area contributed by atoms with E-state index in [0.717, 1.165) is 30.6 Å². The van der Waals surface area contributed by atoms with Gasteiger partial charge in [-0.2, -0.15) is 0 Å². The molecule has 1 saturated heterocycles. The third kappa shape index (κ3) is 3.38. The van der Waals surface area contributed by atoms with E-state index < -0.39 is 0 Å². The van der Waals surface area contributed by atoms with Crippen LogP contribution >= 0.6 is 11.6 Å². The summed E-state index contributed by atoms with van der Waals surface area (Å²) in [6.45, 7) is 5.85. The molecule has 1 aliphatic rings. The van der Waals surface area contributed by atoms with Gasteiger partial charge in [0.05, 0.1) is 24.4 Å². The second-order valence-electron chi connectivity index (χ2n) is 4.84. The van der Waals surface area contributed by atoms with Gasteiger partial charge in [0.2, 0.25) is 0 Å². The number of carbonyl (C=O) groups excluding carboxylic acids is 1. The third-order valence-corrected chi connectivity index (χ3v) is 3.80. The van der Waals surface area contributed by atoms with Gasteiger partial charge in [-0.1, -0.05) is 11.6 Å². The molecule has 0 saturated carbocycles. The van der Waals surface area contributed by atoms with E-state index in [9.17, 15) is 4.79 Å². The van der Waals surface area contributed by atoms with E-state index >= 15 is 0 Å². The number of pyridine rings is 1. The van der Waals surface area contributed by atoms with Crippen LogP contribution in [0.5, 0.6) is 0 Å². The summed E-state index contributed by atoms with van der Waals surface area (Å²) in [7, 11) is 0. The molecule has 0 amide bonds.